The third-order valence-electron chi connectivity index (χ3n) is 4.49. The number of piperazine rings is 1. The number of aldehydes is 1. The fourth-order valence-corrected chi connectivity index (χ4v) is 3.19. The van der Waals surface area contributed by atoms with Crippen LogP contribution in [0.1, 0.15) is 21.5 Å². The molecule has 2 heterocycles. The number of aromatic nitrogens is 1. The van der Waals surface area contributed by atoms with E-state index in [1.54, 1.807) is 23.2 Å². The first-order valence-electron chi connectivity index (χ1n) is 8.65. The van der Waals surface area contributed by atoms with Gasteiger partial charge in [-0.1, -0.05) is 24.0 Å². The largest absolute Gasteiger partial charge is 0.419 e. The van der Waals surface area contributed by atoms with Gasteiger partial charge in [0.1, 0.15) is 12.4 Å². The summed E-state index contributed by atoms with van der Waals surface area (Å²) in [5.41, 5.74) is -0.534. The van der Waals surface area contributed by atoms with Crippen molar-refractivity contribution in [3.05, 3.63) is 53.2 Å². The molecule has 0 amide bonds. The average molecular weight is 389 g/mol. The minimum atomic E-state index is -4.60. The normalized spacial score (nSPS) is 14.4. The van der Waals surface area contributed by atoms with E-state index in [0.717, 1.165) is 0 Å². The predicted octanol–water partition coefficient (Wildman–Crippen LogP) is 2.58. The van der Waals surface area contributed by atoms with Gasteiger partial charge in [0.2, 0.25) is 0 Å². The van der Waals surface area contributed by atoms with Crippen LogP contribution in [-0.2, 0) is 6.18 Å². The molecule has 0 atom stereocenters. The molecule has 0 aliphatic carbocycles. The number of benzene rings is 1. The summed E-state index contributed by atoms with van der Waals surface area (Å²) in [6, 6.07) is 7.63. The smallest absolute Gasteiger partial charge is 0.384 e. The lowest BCUT2D eigenvalue weighted by atomic mass is 10.0. The van der Waals surface area contributed by atoms with Crippen molar-refractivity contribution in [1.82, 2.24) is 4.98 Å². The van der Waals surface area contributed by atoms with Crippen LogP contribution in [0.25, 0.3) is 0 Å². The van der Waals surface area contributed by atoms with Crippen molar-refractivity contribution in [2.75, 3.05) is 42.6 Å². The molecule has 0 radical (unpaired) electrons. The highest BCUT2D eigenvalue weighted by atomic mass is 19.4. The zero-order valence-electron chi connectivity index (χ0n) is 14.9. The van der Waals surface area contributed by atoms with Crippen LogP contribution in [0, 0.1) is 11.8 Å². The number of hydrogen-bond donors (Lipinski definition) is 1. The summed E-state index contributed by atoms with van der Waals surface area (Å²) in [7, 11) is 0. The van der Waals surface area contributed by atoms with Crippen molar-refractivity contribution in [3.63, 3.8) is 0 Å². The molecule has 0 bridgehead atoms. The van der Waals surface area contributed by atoms with E-state index in [9.17, 15) is 18.0 Å². The summed E-state index contributed by atoms with van der Waals surface area (Å²) in [6.45, 7) is 1.52. The summed E-state index contributed by atoms with van der Waals surface area (Å²) >= 11 is 0. The Morgan fingerprint density at radius 2 is 1.82 bits per heavy atom. The van der Waals surface area contributed by atoms with E-state index in [1.807, 2.05) is 4.90 Å². The molecule has 0 unspecified atom stereocenters. The van der Waals surface area contributed by atoms with Gasteiger partial charge in [0.15, 0.2) is 6.29 Å². The number of anilines is 2. The molecule has 1 aromatic carbocycles. The summed E-state index contributed by atoms with van der Waals surface area (Å²) in [6.07, 6.45) is -2.76. The molecule has 0 spiro atoms. The number of nitrogens with zero attached hydrogens (tertiary/aromatic N) is 3. The zero-order chi connectivity index (χ0) is 20.1. The maximum absolute atomic E-state index is 13.5. The molecule has 5 nitrogen and oxygen atoms in total. The highest BCUT2D eigenvalue weighted by Gasteiger charge is 2.38. The second-order valence-corrected chi connectivity index (χ2v) is 6.20. The third-order valence-corrected chi connectivity index (χ3v) is 4.49. The predicted molar refractivity (Wildman–Crippen MR) is 99.5 cm³/mol. The molecule has 1 aliphatic rings. The molecule has 1 saturated heterocycles. The number of hydrogen-bond acceptors (Lipinski definition) is 5. The highest BCUT2D eigenvalue weighted by Crippen LogP contribution is 2.39. The van der Waals surface area contributed by atoms with E-state index in [1.165, 1.54) is 18.2 Å². The first-order valence-corrected chi connectivity index (χ1v) is 8.65. The Hall–Kier alpha value is -3.05. The SMILES string of the molecule is O=Cc1cccc(N2CCN(c3ccc(C#CCO)cn3)CC2)c1C(F)(F)F. The maximum atomic E-state index is 13.5. The second kappa shape index (κ2) is 8.31. The number of aliphatic hydroxyl groups excluding tert-OH is 1. The molecule has 3 rings (SSSR count). The lowest BCUT2D eigenvalue weighted by Crippen LogP contribution is -2.47. The molecule has 28 heavy (non-hydrogen) atoms. The molecule has 8 heteroatoms. The van der Waals surface area contributed by atoms with Gasteiger partial charge in [-0.25, -0.2) is 4.98 Å². The molecule has 1 aromatic heterocycles. The Balaban J connectivity index is 1.75. The standard InChI is InChI=1S/C20H18F3N3O2/c21-20(22,23)19-16(14-28)4-1-5-17(19)25-8-10-26(11-9-25)18-7-6-15(13-24-18)3-2-12-27/h1,4-7,13-14,27H,8-12H2. The Morgan fingerprint density at radius 1 is 1.11 bits per heavy atom. The Bertz CT molecular complexity index is 894. The highest BCUT2D eigenvalue weighted by molar-refractivity contribution is 5.81. The number of carbonyl (C=O) groups is 1. The lowest BCUT2D eigenvalue weighted by Gasteiger charge is -2.37. The maximum Gasteiger partial charge on any atom is 0.419 e. The quantitative estimate of drug-likeness (QED) is 0.646. The van der Waals surface area contributed by atoms with Crippen molar-refractivity contribution < 1.29 is 23.1 Å². The first kappa shape index (κ1) is 19.7. The van der Waals surface area contributed by atoms with Gasteiger partial charge < -0.3 is 14.9 Å². The van der Waals surface area contributed by atoms with Gasteiger partial charge >= 0.3 is 6.18 Å². The minimum Gasteiger partial charge on any atom is -0.384 e. The Labute approximate surface area is 160 Å². The van der Waals surface area contributed by atoms with E-state index in [4.69, 9.17) is 5.11 Å². The van der Waals surface area contributed by atoms with Crippen LogP contribution in [0.15, 0.2) is 36.5 Å². The first-order chi connectivity index (χ1) is 13.4. The number of carbonyl (C=O) groups excluding carboxylic acids is 1. The van der Waals surface area contributed by atoms with Crippen molar-refractivity contribution in [3.8, 4) is 11.8 Å². The fraction of sp³-hybridized carbons (Fsp3) is 0.300. The van der Waals surface area contributed by atoms with E-state index in [0.29, 0.717) is 37.6 Å². The van der Waals surface area contributed by atoms with Crippen molar-refractivity contribution >= 4 is 17.8 Å². The topological polar surface area (TPSA) is 56.7 Å². The molecule has 1 fully saturated rings. The Kier molecular flexibility index (Phi) is 5.85. The van der Waals surface area contributed by atoms with E-state index in [2.05, 4.69) is 16.8 Å². The van der Waals surface area contributed by atoms with Crippen LogP contribution in [-0.4, -0.2) is 49.2 Å². The summed E-state index contributed by atoms with van der Waals surface area (Å²) in [5, 5.41) is 8.71. The summed E-state index contributed by atoms with van der Waals surface area (Å²) in [4.78, 5) is 19.0. The van der Waals surface area contributed by atoms with Gasteiger partial charge in [0.05, 0.1) is 5.56 Å². The number of aliphatic hydroxyl groups is 1. The summed E-state index contributed by atoms with van der Waals surface area (Å²) < 4.78 is 40.5. The molecule has 1 N–H and O–H groups in total. The number of alkyl halides is 3. The van der Waals surface area contributed by atoms with E-state index < -0.39 is 11.7 Å². The molecular weight excluding hydrogens is 371 g/mol. The van der Waals surface area contributed by atoms with Gasteiger partial charge in [0.25, 0.3) is 0 Å². The molecular formula is C20H18F3N3O2. The number of rotatable bonds is 3. The van der Waals surface area contributed by atoms with Crippen molar-refractivity contribution in [2.24, 2.45) is 0 Å². The van der Waals surface area contributed by atoms with Crippen LogP contribution in [0.5, 0.6) is 0 Å². The summed E-state index contributed by atoms with van der Waals surface area (Å²) in [5.74, 6) is 6.02. The number of halogens is 3. The third kappa shape index (κ3) is 4.26. The van der Waals surface area contributed by atoms with Crippen LogP contribution >= 0.6 is 0 Å². The zero-order valence-corrected chi connectivity index (χ0v) is 14.9. The van der Waals surface area contributed by atoms with Gasteiger partial charge in [-0.3, -0.25) is 4.79 Å². The second-order valence-electron chi connectivity index (χ2n) is 6.20. The monoisotopic (exact) mass is 389 g/mol. The van der Waals surface area contributed by atoms with Crippen LogP contribution < -0.4 is 9.80 Å². The Morgan fingerprint density at radius 3 is 2.39 bits per heavy atom. The van der Waals surface area contributed by atoms with Gasteiger partial charge in [-0.2, -0.15) is 13.2 Å². The van der Waals surface area contributed by atoms with E-state index in [-0.39, 0.29) is 24.1 Å². The van der Waals surface area contributed by atoms with Crippen LogP contribution in [0.4, 0.5) is 24.7 Å². The average Bonchev–Trinajstić information content (AvgIpc) is 2.71. The molecule has 1 aliphatic heterocycles. The van der Waals surface area contributed by atoms with Gasteiger partial charge in [0, 0.05) is 49.2 Å². The number of pyridine rings is 1. The van der Waals surface area contributed by atoms with Crippen molar-refractivity contribution in [1.29, 1.82) is 0 Å². The van der Waals surface area contributed by atoms with E-state index >= 15 is 0 Å². The van der Waals surface area contributed by atoms with Gasteiger partial charge in [-0.05, 0) is 18.2 Å². The molecule has 0 saturated carbocycles. The van der Waals surface area contributed by atoms with Crippen molar-refractivity contribution in [2.45, 2.75) is 6.18 Å². The minimum absolute atomic E-state index is 0.0272. The van der Waals surface area contributed by atoms with Crippen LogP contribution in [0.3, 0.4) is 0 Å². The molecule has 146 valence electrons. The molecule has 2 aromatic rings. The fourth-order valence-electron chi connectivity index (χ4n) is 3.19. The lowest BCUT2D eigenvalue weighted by molar-refractivity contribution is -0.137. The van der Waals surface area contributed by atoms with Crippen LogP contribution in [0.2, 0.25) is 0 Å². The van der Waals surface area contributed by atoms with Gasteiger partial charge in [-0.15, -0.1) is 0 Å².